The van der Waals surface area contributed by atoms with E-state index in [4.69, 9.17) is 0 Å². The molecule has 5 aliphatic carbocycles. The molecule has 5 aliphatic rings. The van der Waals surface area contributed by atoms with Gasteiger partial charge in [0.1, 0.15) is 6.29 Å². The number of carbonyl (C=O) groups is 1. The van der Waals surface area contributed by atoms with Crippen molar-refractivity contribution in [3.05, 3.63) is 53.6 Å². The van der Waals surface area contributed by atoms with Crippen LogP contribution in [0.1, 0.15) is 115 Å². The van der Waals surface area contributed by atoms with Crippen LogP contribution in [0.25, 0.3) is 5.57 Å². The number of hydrogen-bond acceptors (Lipinski definition) is 1. The first-order valence-corrected chi connectivity index (χ1v) is 15.1. The topological polar surface area (TPSA) is 17.1 Å². The molecule has 0 aromatic heterocycles. The quantitative estimate of drug-likeness (QED) is 0.308. The summed E-state index contributed by atoms with van der Waals surface area (Å²) in [5, 5.41) is 0. The Morgan fingerprint density at radius 2 is 1.58 bits per heavy atom. The lowest BCUT2D eigenvalue weighted by Gasteiger charge is -2.68. The second-order valence-electron chi connectivity index (χ2n) is 14.6. The maximum atomic E-state index is 11.2. The molecule has 1 heteroatoms. The minimum atomic E-state index is 0.160. The molecule has 1 aromatic carbocycles. The van der Waals surface area contributed by atoms with Crippen molar-refractivity contribution in [1.82, 2.24) is 0 Å². The van der Waals surface area contributed by atoms with E-state index in [0.29, 0.717) is 16.2 Å². The molecule has 6 rings (SSSR count). The molecule has 0 radical (unpaired) electrons. The normalized spacial score (nSPS) is 45.2. The van der Waals surface area contributed by atoms with E-state index in [1.165, 1.54) is 75.3 Å². The average molecular weight is 485 g/mol. The molecule has 1 aromatic rings. The number of aldehydes is 1. The summed E-state index contributed by atoms with van der Waals surface area (Å²) in [5.41, 5.74) is 5.19. The molecule has 0 aliphatic heterocycles. The van der Waals surface area contributed by atoms with Gasteiger partial charge >= 0.3 is 0 Å². The van der Waals surface area contributed by atoms with Crippen molar-refractivity contribution in [2.45, 2.75) is 98.8 Å². The molecule has 4 saturated carbocycles. The Hall–Kier alpha value is -1.63. The number of allylic oxidation sites excluding steroid dienone is 4. The highest BCUT2D eigenvalue weighted by Gasteiger charge is 2.65. The maximum absolute atomic E-state index is 11.2. The third-order valence-corrected chi connectivity index (χ3v) is 13.0. The molecule has 8 atom stereocenters. The van der Waals surface area contributed by atoms with Gasteiger partial charge in [-0.2, -0.15) is 0 Å². The Labute approximate surface area is 220 Å². The van der Waals surface area contributed by atoms with Gasteiger partial charge in [0.2, 0.25) is 0 Å². The summed E-state index contributed by atoms with van der Waals surface area (Å²) in [6.07, 6.45) is 22.8. The molecule has 36 heavy (non-hydrogen) atoms. The molecule has 0 spiro atoms. The van der Waals surface area contributed by atoms with Crippen LogP contribution in [0.4, 0.5) is 0 Å². The highest BCUT2D eigenvalue weighted by Crippen LogP contribution is 2.73. The zero-order chi connectivity index (χ0) is 25.3. The summed E-state index contributed by atoms with van der Waals surface area (Å²) in [4.78, 5) is 11.2. The monoisotopic (exact) mass is 484 g/mol. The van der Waals surface area contributed by atoms with Gasteiger partial charge in [-0.25, -0.2) is 0 Å². The minimum absolute atomic E-state index is 0.160. The number of benzene rings is 1. The average Bonchev–Trinajstić information content (AvgIpc) is 3.28. The van der Waals surface area contributed by atoms with Gasteiger partial charge < -0.3 is 0 Å². The van der Waals surface area contributed by atoms with Crippen molar-refractivity contribution in [2.75, 3.05) is 0 Å². The SMILES string of the molecule is C/C=C/[C@]12CCC[C@@H]1[C@H]1CCC3[C@@](C)(CCC4C(C)(C)C(c5ccc(C=O)cc5)=CC[C@@]43C)C1CC2. The van der Waals surface area contributed by atoms with Gasteiger partial charge in [0, 0.05) is 5.56 Å². The Kier molecular flexibility index (Phi) is 5.79. The Bertz CT molecular complexity index is 1070. The van der Waals surface area contributed by atoms with Crippen LogP contribution in [-0.2, 0) is 0 Å². The summed E-state index contributed by atoms with van der Waals surface area (Å²) in [5.74, 6) is 4.40. The summed E-state index contributed by atoms with van der Waals surface area (Å²) < 4.78 is 0. The Balaban J connectivity index is 1.32. The van der Waals surface area contributed by atoms with Crippen molar-refractivity contribution in [1.29, 1.82) is 0 Å². The molecular formula is C35H48O. The predicted molar refractivity (Wildman–Crippen MR) is 151 cm³/mol. The van der Waals surface area contributed by atoms with Crippen molar-refractivity contribution >= 4 is 11.9 Å². The molecule has 0 amide bonds. The lowest BCUT2D eigenvalue weighted by molar-refractivity contribution is -0.174. The lowest BCUT2D eigenvalue weighted by Crippen LogP contribution is -2.60. The second-order valence-corrected chi connectivity index (χ2v) is 14.6. The van der Waals surface area contributed by atoms with Crippen molar-refractivity contribution in [3.8, 4) is 0 Å². The molecular weight excluding hydrogens is 436 g/mol. The maximum Gasteiger partial charge on any atom is 0.150 e. The zero-order valence-corrected chi connectivity index (χ0v) is 23.5. The number of fused-ring (bicyclic) bond motifs is 7. The fourth-order valence-corrected chi connectivity index (χ4v) is 11.7. The fraction of sp³-hybridized carbons (Fsp3) is 0.686. The van der Waals surface area contributed by atoms with E-state index < -0.39 is 0 Å². The third kappa shape index (κ3) is 3.29. The van der Waals surface area contributed by atoms with Crippen LogP contribution in [0.15, 0.2) is 42.5 Å². The Morgan fingerprint density at radius 3 is 2.31 bits per heavy atom. The molecule has 0 N–H and O–H groups in total. The number of carbonyl (C=O) groups excluding carboxylic acids is 1. The van der Waals surface area contributed by atoms with Crippen molar-refractivity contribution in [2.24, 2.45) is 51.2 Å². The van der Waals surface area contributed by atoms with E-state index in [1.807, 2.05) is 12.1 Å². The lowest BCUT2D eigenvalue weighted by atomic mass is 9.36. The van der Waals surface area contributed by atoms with Crippen LogP contribution in [-0.4, -0.2) is 6.29 Å². The van der Waals surface area contributed by atoms with E-state index in [0.717, 1.165) is 41.4 Å². The van der Waals surface area contributed by atoms with Crippen molar-refractivity contribution < 1.29 is 4.79 Å². The van der Waals surface area contributed by atoms with Gasteiger partial charge in [0.15, 0.2) is 0 Å². The van der Waals surface area contributed by atoms with E-state index >= 15 is 0 Å². The smallest absolute Gasteiger partial charge is 0.150 e. The van der Waals surface area contributed by atoms with Crippen molar-refractivity contribution in [3.63, 3.8) is 0 Å². The summed E-state index contributed by atoms with van der Waals surface area (Å²) in [6.45, 7) is 12.7. The van der Waals surface area contributed by atoms with Crippen LogP contribution in [0.2, 0.25) is 0 Å². The first-order chi connectivity index (χ1) is 17.2. The van der Waals surface area contributed by atoms with Gasteiger partial charge in [-0.1, -0.05) is 76.6 Å². The first-order valence-electron chi connectivity index (χ1n) is 15.1. The van der Waals surface area contributed by atoms with E-state index in [2.05, 4.69) is 65.0 Å². The van der Waals surface area contributed by atoms with Crippen LogP contribution in [0.3, 0.4) is 0 Å². The zero-order valence-electron chi connectivity index (χ0n) is 23.5. The van der Waals surface area contributed by atoms with E-state index in [1.54, 1.807) is 0 Å². The molecule has 0 bridgehead atoms. The van der Waals surface area contributed by atoms with Gasteiger partial charge in [0.05, 0.1) is 0 Å². The van der Waals surface area contributed by atoms with E-state index in [9.17, 15) is 4.79 Å². The third-order valence-electron chi connectivity index (χ3n) is 13.0. The highest BCUT2D eigenvalue weighted by atomic mass is 16.1. The summed E-state index contributed by atoms with van der Waals surface area (Å²) in [6, 6.07) is 8.34. The van der Waals surface area contributed by atoms with Crippen LogP contribution in [0.5, 0.6) is 0 Å². The largest absolute Gasteiger partial charge is 0.298 e. The van der Waals surface area contributed by atoms with Gasteiger partial charge in [-0.3, -0.25) is 4.79 Å². The number of rotatable bonds is 3. The predicted octanol–water partition coefficient (Wildman–Crippen LogP) is 9.53. The Morgan fingerprint density at radius 1 is 0.806 bits per heavy atom. The minimum Gasteiger partial charge on any atom is -0.298 e. The van der Waals surface area contributed by atoms with Crippen LogP contribution >= 0.6 is 0 Å². The molecule has 0 saturated heterocycles. The highest BCUT2D eigenvalue weighted by molar-refractivity contribution is 5.78. The van der Waals surface area contributed by atoms with Gasteiger partial charge in [-0.15, -0.1) is 0 Å². The molecule has 194 valence electrons. The number of hydrogen-bond donors (Lipinski definition) is 0. The summed E-state index contributed by atoms with van der Waals surface area (Å²) >= 11 is 0. The molecule has 0 heterocycles. The summed E-state index contributed by atoms with van der Waals surface area (Å²) in [7, 11) is 0. The fourth-order valence-electron chi connectivity index (χ4n) is 11.7. The van der Waals surface area contributed by atoms with Crippen LogP contribution in [0, 0.1) is 51.2 Å². The van der Waals surface area contributed by atoms with Gasteiger partial charge in [0.25, 0.3) is 0 Å². The molecule has 1 nitrogen and oxygen atoms in total. The second kappa shape index (κ2) is 8.44. The molecule has 3 unspecified atom stereocenters. The van der Waals surface area contributed by atoms with Gasteiger partial charge in [-0.05, 0) is 127 Å². The van der Waals surface area contributed by atoms with Crippen LogP contribution < -0.4 is 0 Å². The molecule has 4 fully saturated rings. The van der Waals surface area contributed by atoms with E-state index in [-0.39, 0.29) is 5.41 Å². The standard InChI is InChI=1S/C35H48O/c1-6-18-35-19-7-8-29(35)26-13-14-31-33(4,28(26)16-22-35)21-17-30-32(2,3)27(15-20-34(30,31)5)25-11-9-24(23-36)10-12-25/h6,9-12,15,18,23,26,28-31H,7-8,13-14,16-17,19-22H2,1-5H3/b18-6+/t26-,28?,29+,30?,31?,33-,34-,35+/m0/s1. The first kappa shape index (κ1) is 24.7.